The second-order valence-corrected chi connectivity index (χ2v) is 6.51. The lowest BCUT2D eigenvalue weighted by Crippen LogP contribution is -2.31. The topological polar surface area (TPSA) is 63.2 Å². The molecule has 0 aliphatic heterocycles. The van der Waals surface area contributed by atoms with E-state index in [0.29, 0.717) is 0 Å². The van der Waals surface area contributed by atoms with Gasteiger partial charge in [0.1, 0.15) is 0 Å². The van der Waals surface area contributed by atoms with Crippen LogP contribution in [0.1, 0.15) is 31.7 Å². The summed E-state index contributed by atoms with van der Waals surface area (Å²) < 4.78 is 24.0. The molecule has 1 aromatic rings. The maximum atomic E-state index is 11.7. The Labute approximate surface area is 108 Å². The minimum Gasteiger partial charge on any atom is -0.274 e. The molecule has 1 N–H and O–H groups in total. The third kappa shape index (κ3) is 4.87. The average molecular weight is 269 g/mol. The van der Waals surface area contributed by atoms with E-state index in [0.717, 1.165) is 11.8 Å². The van der Waals surface area contributed by atoms with Crippen LogP contribution in [0.25, 0.3) is 0 Å². The Balaban J connectivity index is 2.80. The van der Waals surface area contributed by atoms with E-state index in [1.807, 2.05) is 48.9 Å². The number of hydrogen-bond donors (Lipinski definition) is 1. The molecule has 0 saturated carbocycles. The lowest BCUT2D eigenvalue weighted by molar-refractivity contribution is -0.119. The van der Waals surface area contributed by atoms with Gasteiger partial charge in [-0.05, 0) is 17.4 Å². The fourth-order valence-corrected chi connectivity index (χ4v) is 2.38. The zero-order chi connectivity index (χ0) is 13.8. The van der Waals surface area contributed by atoms with E-state index in [4.69, 9.17) is 0 Å². The Hall–Kier alpha value is -1.36. The van der Waals surface area contributed by atoms with Gasteiger partial charge in [-0.25, -0.2) is 8.42 Å². The maximum absolute atomic E-state index is 11.7. The third-order valence-corrected chi connectivity index (χ3v) is 3.34. The van der Waals surface area contributed by atoms with E-state index >= 15 is 0 Å². The summed E-state index contributed by atoms with van der Waals surface area (Å²) in [4.78, 5) is 11.7. The number of sulfonamides is 1. The van der Waals surface area contributed by atoms with Crippen LogP contribution < -0.4 is 4.72 Å². The van der Waals surface area contributed by atoms with Crippen molar-refractivity contribution in [2.45, 2.75) is 26.2 Å². The van der Waals surface area contributed by atoms with Crippen molar-refractivity contribution in [2.24, 2.45) is 5.92 Å². The van der Waals surface area contributed by atoms with Crippen molar-refractivity contribution in [3.63, 3.8) is 0 Å². The Morgan fingerprint density at radius 2 is 1.78 bits per heavy atom. The van der Waals surface area contributed by atoms with Gasteiger partial charge in [0, 0.05) is 6.42 Å². The van der Waals surface area contributed by atoms with Crippen LogP contribution in [0, 0.1) is 5.92 Å². The lowest BCUT2D eigenvalue weighted by Gasteiger charge is -2.20. The lowest BCUT2D eigenvalue weighted by atomic mass is 9.86. The van der Waals surface area contributed by atoms with Crippen molar-refractivity contribution in [3.05, 3.63) is 35.9 Å². The predicted molar refractivity (Wildman–Crippen MR) is 71.6 cm³/mol. The van der Waals surface area contributed by atoms with E-state index in [1.54, 1.807) is 0 Å². The SMILES string of the molecule is CC(C)[C@@H](CC(=O)NS(C)(=O)=O)c1ccccc1. The summed E-state index contributed by atoms with van der Waals surface area (Å²) in [6.07, 6.45) is 1.16. The molecule has 1 aromatic carbocycles. The van der Waals surface area contributed by atoms with Gasteiger partial charge in [0.25, 0.3) is 0 Å². The number of carbonyl (C=O) groups is 1. The molecule has 0 heterocycles. The standard InChI is InChI=1S/C13H19NO3S/c1-10(2)12(11-7-5-4-6-8-11)9-13(15)14-18(3,16)17/h4-8,10,12H,9H2,1-3H3,(H,14,15)/t12-/m1/s1. The molecule has 0 unspecified atom stereocenters. The summed E-state index contributed by atoms with van der Waals surface area (Å²) in [7, 11) is -3.48. The van der Waals surface area contributed by atoms with E-state index in [9.17, 15) is 13.2 Å². The summed E-state index contributed by atoms with van der Waals surface area (Å²) in [5.41, 5.74) is 1.05. The molecule has 0 radical (unpaired) electrons. The van der Waals surface area contributed by atoms with Crippen LogP contribution >= 0.6 is 0 Å². The average Bonchev–Trinajstić information content (AvgIpc) is 2.24. The Bertz CT molecular complexity index is 494. The molecule has 0 saturated heterocycles. The second-order valence-electron chi connectivity index (χ2n) is 4.76. The van der Waals surface area contributed by atoms with Crippen LogP contribution in [-0.4, -0.2) is 20.6 Å². The molecule has 1 rings (SSSR count). The van der Waals surface area contributed by atoms with E-state index in [1.165, 1.54) is 0 Å². The van der Waals surface area contributed by atoms with Gasteiger partial charge < -0.3 is 0 Å². The Morgan fingerprint density at radius 1 is 1.22 bits per heavy atom. The molecule has 0 fully saturated rings. The first kappa shape index (κ1) is 14.7. The van der Waals surface area contributed by atoms with E-state index < -0.39 is 15.9 Å². The summed E-state index contributed by atoms with van der Waals surface area (Å²) in [6, 6.07) is 9.66. The highest BCUT2D eigenvalue weighted by molar-refractivity contribution is 7.89. The van der Waals surface area contributed by atoms with Gasteiger partial charge in [-0.15, -0.1) is 0 Å². The molecule has 0 aliphatic carbocycles. The molecule has 0 aliphatic rings. The molecule has 0 spiro atoms. The van der Waals surface area contributed by atoms with Crippen LogP contribution in [0.15, 0.2) is 30.3 Å². The first-order chi connectivity index (χ1) is 8.29. The first-order valence-electron chi connectivity index (χ1n) is 5.85. The fraction of sp³-hybridized carbons (Fsp3) is 0.462. The fourth-order valence-electron chi connectivity index (χ4n) is 1.89. The molecule has 18 heavy (non-hydrogen) atoms. The zero-order valence-electron chi connectivity index (χ0n) is 10.9. The highest BCUT2D eigenvalue weighted by Crippen LogP contribution is 2.27. The molecule has 4 nitrogen and oxygen atoms in total. The summed E-state index contributed by atoms with van der Waals surface area (Å²) in [5.74, 6) is -0.175. The summed E-state index contributed by atoms with van der Waals surface area (Å²) >= 11 is 0. The van der Waals surface area contributed by atoms with Crippen molar-refractivity contribution < 1.29 is 13.2 Å². The number of benzene rings is 1. The van der Waals surface area contributed by atoms with E-state index in [2.05, 4.69) is 0 Å². The Morgan fingerprint density at radius 3 is 2.22 bits per heavy atom. The minimum absolute atomic E-state index is 0.0212. The first-order valence-corrected chi connectivity index (χ1v) is 7.74. The van der Waals surface area contributed by atoms with Crippen molar-refractivity contribution in [2.75, 3.05) is 6.26 Å². The van der Waals surface area contributed by atoms with Gasteiger partial charge in [-0.3, -0.25) is 9.52 Å². The molecule has 0 bridgehead atoms. The van der Waals surface area contributed by atoms with Gasteiger partial charge in [0.2, 0.25) is 15.9 Å². The highest BCUT2D eigenvalue weighted by atomic mass is 32.2. The number of rotatable bonds is 5. The molecule has 5 heteroatoms. The van der Waals surface area contributed by atoms with Gasteiger partial charge in [-0.1, -0.05) is 44.2 Å². The molecule has 1 amide bonds. The quantitative estimate of drug-likeness (QED) is 0.888. The maximum Gasteiger partial charge on any atom is 0.234 e. The molecular weight excluding hydrogens is 250 g/mol. The summed E-state index contributed by atoms with van der Waals surface area (Å²) in [6.45, 7) is 4.04. The Kier molecular flexibility index (Phi) is 4.90. The molecular formula is C13H19NO3S. The number of amides is 1. The van der Waals surface area contributed by atoms with Crippen molar-refractivity contribution in [1.29, 1.82) is 0 Å². The van der Waals surface area contributed by atoms with Crippen molar-refractivity contribution in [1.82, 2.24) is 4.72 Å². The monoisotopic (exact) mass is 269 g/mol. The largest absolute Gasteiger partial charge is 0.274 e. The van der Waals surface area contributed by atoms with E-state index in [-0.39, 0.29) is 18.3 Å². The van der Waals surface area contributed by atoms with Gasteiger partial charge in [0.15, 0.2) is 0 Å². The normalized spacial score (nSPS) is 13.3. The van der Waals surface area contributed by atoms with Gasteiger partial charge >= 0.3 is 0 Å². The predicted octanol–water partition coefficient (Wildman–Crippen LogP) is 1.89. The number of hydrogen-bond acceptors (Lipinski definition) is 3. The number of carbonyl (C=O) groups excluding carboxylic acids is 1. The molecule has 0 aromatic heterocycles. The van der Waals surface area contributed by atoms with Crippen LogP contribution in [0.3, 0.4) is 0 Å². The number of nitrogens with one attached hydrogen (secondary N) is 1. The van der Waals surface area contributed by atoms with Crippen molar-refractivity contribution >= 4 is 15.9 Å². The summed E-state index contributed by atoms with van der Waals surface area (Å²) in [5, 5.41) is 0. The van der Waals surface area contributed by atoms with Crippen molar-refractivity contribution in [3.8, 4) is 0 Å². The highest BCUT2D eigenvalue weighted by Gasteiger charge is 2.20. The zero-order valence-corrected chi connectivity index (χ0v) is 11.7. The molecule has 100 valence electrons. The molecule has 1 atom stereocenters. The van der Waals surface area contributed by atoms with Gasteiger partial charge in [-0.2, -0.15) is 0 Å². The van der Waals surface area contributed by atoms with Crippen LogP contribution in [-0.2, 0) is 14.8 Å². The van der Waals surface area contributed by atoms with Crippen LogP contribution in [0.2, 0.25) is 0 Å². The minimum atomic E-state index is -3.48. The van der Waals surface area contributed by atoms with Gasteiger partial charge in [0.05, 0.1) is 6.26 Å². The third-order valence-electron chi connectivity index (χ3n) is 2.74. The van der Waals surface area contributed by atoms with Crippen LogP contribution in [0.4, 0.5) is 0 Å². The van der Waals surface area contributed by atoms with Crippen LogP contribution in [0.5, 0.6) is 0 Å². The smallest absolute Gasteiger partial charge is 0.234 e. The second kappa shape index (κ2) is 6.00.